The van der Waals surface area contributed by atoms with Gasteiger partial charge in [-0.25, -0.2) is 9.97 Å². The van der Waals surface area contributed by atoms with E-state index < -0.39 is 0 Å². The van der Waals surface area contributed by atoms with E-state index in [-0.39, 0.29) is 18.1 Å². The Bertz CT molecular complexity index is 664. The topological polar surface area (TPSA) is 58.6 Å². The molecular weight excluding hydrogens is 316 g/mol. The molecule has 0 aromatic carbocycles. The number of rotatable bonds is 2. The smallest absolute Gasteiger partial charge is 0.225 e. The molecular formula is C19H28N4O2. The first-order chi connectivity index (χ1) is 12.0. The van der Waals surface area contributed by atoms with Crippen LogP contribution in [0.4, 0.5) is 5.82 Å². The van der Waals surface area contributed by atoms with Crippen LogP contribution in [-0.4, -0.2) is 52.6 Å². The van der Waals surface area contributed by atoms with Crippen LogP contribution in [0.1, 0.15) is 50.2 Å². The maximum atomic E-state index is 12.7. The Morgan fingerprint density at radius 3 is 2.52 bits per heavy atom. The summed E-state index contributed by atoms with van der Waals surface area (Å²) in [7, 11) is 0. The highest BCUT2D eigenvalue weighted by Crippen LogP contribution is 2.33. The summed E-state index contributed by atoms with van der Waals surface area (Å²) in [5, 5.41) is 0. The molecule has 2 unspecified atom stereocenters. The molecule has 0 N–H and O–H groups in total. The van der Waals surface area contributed by atoms with E-state index in [1.54, 1.807) is 0 Å². The van der Waals surface area contributed by atoms with E-state index in [0.29, 0.717) is 12.5 Å². The Kier molecular flexibility index (Phi) is 4.40. The van der Waals surface area contributed by atoms with E-state index in [1.165, 1.54) is 6.42 Å². The van der Waals surface area contributed by atoms with Crippen LogP contribution in [0.2, 0.25) is 0 Å². The number of carbonyl (C=O) groups excluding carboxylic acids is 1. The Hall–Kier alpha value is -1.69. The van der Waals surface area contributed by atoms with E-state index in [0.717, 1.165) is 61.8 Å². The van der Waals surface area contributed by atoms with Crippen molar-refractivity contribution < 1.29 is 9.53 Å². The summed E-state index contributed by atoms with van der Waals surface area (Å²) in [5.41, 5.74) is 2.26. The highest BCUT2D eigenvalue weighted by Gasteiger charge is 2.34. The zero-order valence-electron chi connectivity index (χ0n) is 15.5. The molecule has 136 valence electrons. The van der Waals surface area contributed by atoms with Crippen molar-refractivity contribution in [1.82, 2.24) is 14.9 Å². The summed E-state index contributed by atoms with van der Waals surface area (Å²) in [4.78, 5) is 26.5. The second-order valence-corrected chi connectivity index (χ2v) is 7.82. The highest BCUT2D eigenvalue weighted by molar-refractivity contribution is 5.80. The van der Waals surface area contributed by atoms with E-state index in [4.69, 9.17) is 9.72 Å². The summed E-state index contributed by atoms with van der Waals surface area (Å²) < 4.78 is 5.88. The molecule has 2 fully saturated rings. The van der Waals surface area contributed by atoms with Gasteiger partial charge in [0.1, 0.15) is 11.6 Å². The molecule has 6 heteroatoms. The van der Waals surface area contributed by atoms with Crippen molar-refractivity contribution in [3.8, 4) is 0 Å². The van der Waals surface area contributed by atoms with Crippen LogP contribution in [0.3, 0.4) is 0 Å². The molecule has 3 heterocycles. The van der Waals surface area contributed by atoms with Gasteiger partial charge in [-0.3, -0.25) is 4.79 Å². The van der Waals surface area contributed by atoms with Crippen molar-refractivity contribution in [3.05, 3.63) is 17.1 Å². The Morgan fingerprint density at radius 2 is 1.88 bits per heavy atom. The zero-order chi connectivity index (χ0) is 17.6. The number of anilines is 1. The van der Waals surface area contributed by atoms with Gasteiger partial charge in [0.25, 0.3) is 0 Å². The van der Waals surface area contributed by atoms with Crippen molar-refractivity contribution >= 4 is 11.7 Å². The summed E-state index contributed by atoms with van der Waals surface area (Å²) in [6, 6.07) is 0. The number of hydrogen-bond acceptors (Lipinski definition) is 5. The molecule has 0 spiro atoms. The molecule has 2 atom stereocenters. The fourth-order valence-corrected chi connectivity index (χ4v) is 4.23. The number of aryl methyl sites for hydroxylation is 1. The molecule has 1 saturated carbocycles. The summed E-state index contributed by atoms with van der Waals surface area (Å²) in [5.74, 6) is 2.40. The predicted molar refractivity (Wildman–Crippen MR) is 95.5 cm³/mol. The van der Waals surface area contributed by atoms with Crippen molar-refractivity contribution in [2.75, 3.05) is 24.5 Å². The van der Waals surface area contributed by atoms with Crippen LogP contribution in [0.5, 0.6) is 0 Å². The van der Waals surface area contributed by atoms with Gasteiger partial charge in [0.05, 0.1) is 24.4 Å². The van der Waals surface area contributed by atoms with Gasteiger partial charge < -0.3 is 14.5 Å². The van der Waals surface area contributed by atoms with Gasteiger partial charge in [0, 0.05) is 37.5 Å². The van der Waals surface area contributed by atoms with Gasteiger partial charge in [-0.15, -0.1) is 0 Å². The predicted octanol–water partition coefficient (Wildman–Crippen LogP) is 2.08. The quantitative estimate of drug-likeness (QED) is 0.822. The lowest BCUT2D eigenvalue weighted by Gasteiger charge is -2.39. The van der Waals surface area contributed by atoms with Gasteiger partial charge in [0.15, 0.2) is 0 Å². The lowest BCUT2D eigenvalue weighted by atomic mass is 9.84. The first-order valence-electron chi connectivity index (χ1n) is 9.57. The largest absolute Gasteiger partial charge is 0.372 e. The number of amides is 1. The van der Waals surface area contributed by atoms with Crippen LogP contribution in [-0.2, 0) is 22.5 Å². The normalized spacial score (nSPS) is 27.0. The highest BCUT2D eigenvalue weighted by atomic mass is 16.5. The third kappa shape index (κ3) is 3.24. The summed E-state index contributed by atoms with van der Waals surface area (Å²) in [6.07, 6.45) is 4.50. The van der Waals surface area contributed by atoms with E-state index in [1.807, 2.05) is 11.8 Å². The molecule has 0 radical (unpaired) electrons. The number of carbonyl (C=O) groups is 1. The second kappa shape index (κ2) is 6.56. The average Bonchev–Trinajstić information content (AvgIpc) is 2.51. The Labute approximate surface area is 149 Å². The molecule has 1 aromatic rings. The molecule has 3 aliphatic rings. The van der Waals surface area contributed by atoms with E-state index in [9.17, 15) is 4.79 Å². The number of morpholine rings is 1. The van der Waals surface area contributed by atoms with Crippen LogP contribution >= 0.6 is 0 Å². The van der Waals surface area contributed by atoms with Gasteiger partial charge in [0.2, 0.25) is 5.91 Å². The number of nitrogens with zero attached hydrogens (tertiary/aromatic N) is 4. The van der Waals surface area contributed by atoms with Crippen molar-refractivity contribution in [2.24, 2.45) is 5.92 Å². The third-order valence-corrected chi connectivity index (χ3v) is 5.64. The standard InChI is InChI=1S/C19H28N4O2/c1-12-9-23(10-13(2)25-12)18-16-11-22(19(24)15-5-4-6-15)8-7-17(16)20-14(3)21-18/h12-13,15H,4-11H2,1-3H3. The fraction of sp³-hybridized carbons (Fsp3) is 0.737. The number of ether oxygens (including phenoxy) is 1. The Morgan fingerprint density at radius 1 is 1.16 bits per heavy atom. The Balaban J connectivity index is 1.62. The maximum absolute atomic E-state index is 12.7. The zero-order valence-corrected chi connectivity index (χ0v) is 15.5. The van der Waals surface area contributed by atoms with Crippen molar-refractivity contribution in [2.45, 2.75) is 65.2 Å². The fourth-order valence-electron chi connectivity index (χ4n) is 4.23. The minimum atomic E-state index is 0.186. The third-order valence-electron chi connectivity index (χ3n) is 5.64. The van der Waals surface area contributed by atoms with E-state index >= 15 is 0 Å². The molecule has 1 saturated heterocycles. The minimum absolute atomic E-state index is 0.186. The second-order valence-electron chi connectivity index (χ2n) is 7.82. The molecule has 2 aliphatic heterocycles. The minimum Gasteiger partial charge on any atom is -0.372 e. The lowest BCUT2D eigenvalue weighted by molar-refractivity contribution is -0.139. The molecule has 25 heavy (non-hydrogen) atoms. The van der Waals surface area contributed by atoms with Crippen LogP contribution < -0.4 is 4.90 Å². The van der Waals surface area contributed by atoms with Gasteiger partial charge in [-0.1, -0.05) is 6.42 Å². The van der Waals surface area contributed by atoms with Crippen LogP contribution in [0.15, 0.2) is 0 Å². The van der Waals surface area contributed by atoms with Gasteiger partial charge in [-0.05, 0) is 33.6 Å². The first kappa shape index (κ1) is 16.8. The summed E-state index contributed by atoms with van der Waals surface area (Å²) in [6.45, 7) is 9.29. The number of aromatic nitrogens is 2. The molecule has 0 bridgehead atoms. The molecule has 1 aliphatic carbocycles. The maximum Gasteiger partial charge on any atom is 0.225 e. The van der Waals surface area contributed by atoms with Crippen molar-refractivity contribution in [3.63, 3.8) is 0 Å². The van der Waals surface area contributed by atoms with Crippen LogP contribution in [0.25, 0.3) is 0 Å². The molecule has 1 aromatic heterocycles. The number of hydrogen-bond donors (Lipinski definition) is 0. The lowest BCUT2D eigenvalue weighted by Crippen LogP contribution is -2.47. The molecule has 6 nitrogen and oxygen atoms in total. The van der Waals surface area contributed by atoms with Gasteiger partial charge in [-0.2, -0.15) is 0 Å². The molecule has 4 rings (SSSR count). The SMILES string of the molecule is Cc1nc2c(c(N3CC(C)OC(C)C3)n1)CN(C(=O)C1CCC1)CC2. The van der Waals surface area contributed by atoms with Crippen molar-refractivity contribution in [1.29, 1.82) is 0 Å². The first-order valence-corrected chi connectivity index (χ1v) is 9.57. The monoisotopic (exact) mass is 344 g/mol. The average molecular weight is 344 g/mol. The number of fused-ring (bicyclic) bond motifs is 1. The van der Waals surface area contributed by atoms with E-state index in [2.05, 4.69) is 23.7 Å². The summed E-state index contributed by atoms with van der Waals surface area (Å²) >= 11 is 0. The van der Waals surface area contributed by atoms with Crippen LogP contribution in [0, 0.1) is 12.8 Å². The molecule has 1 amide bonds. The van der Waals surface area contributed by atoms with Gasteiger partial charge >= 0.3 is 0 Å².